The van der Waals surface area contributed by atoms with Gasteiger partial charge < -0.3 is 4.55 Å². The van der Waals surface area contributed by atoms with Gasteiger partial charge >= 0.3 is 16.2 Å². The topological polar surface area (TPSA) is 100 Å². The minimum absolute atomic E-state index is 0.705. The van der Waals surface area contributed by atoms with Gasteiger partial charge in [0.1, 0.15) is 0 Å². The average molecular weight is 302 g/mol. The Morgan fingerprint density at radius 1 is 1.24 bits per heavy atom. The first-order chi connectivity index (χ1) is 7.25. The Kier molecular flexibility index (Phi) is 4.11. The Hall–Kier alpha value is -0.590. The smallest absolute Gasteiger partial charge is 0.376 e. The summed E-state index contributed by atoms with van der Waals surface area (Å²) in [6.07, 6.45) is -0.705. The molecule has 0 rings (SSSR count). The monoisotopic (exact) mass is 302 g/mol. The Morgan fingerprint density at radius 2 is 1.59 bits per heavy atom. The molecule has 0 fully saturated rings. The lowest BCUT2D eigenvalue weighted by molar-refractivity contribution is -0.196. The van der Waals surface area contributed by atoms with Gasteiger partial charge in [-0.3, -0.25) is 4.21 Å². The maximum atomic E-state index is 13.3. The molecule has 5 nitrogen and oxygen atoms in total. The lowest BCUT2D eigenvalue weighted by atomic mass is 10.2. The normalized spacial score (nSPS) is 19.5. The first-order valence-electron chi connectivity index (χ1n) is 3.45. The maximum Gasteiger partial charge on any atom is 0.376 e. The first-order valence-corrected chi connectivity index (χ1v) is 6.07. The summed E-state index contributed by atoms with van der Waals surface area (Å²) in [5, 5.41) is -7.09. The van der Waals surface area contributed by atoms with Gasteiger partial charge in [-0.2, -0.15) is 17.6 Å². The summed E-state index contributed by atoms with van der Waals surface area (Å²) < 4.78 is 105. The second-order valence-electron chi connectivity index (χ2n) is 2.72. The number of alkyl halides is 5. The molecule has 0 bridgehead atoms. The molecule has 2 N–H and O–H groups in total. The van der Waals surface area contributed by atoms with E-state index in [1.807, 2.05) is 0 Å². The van der Waals surface area contributed by atoms with Gasteiger partial charge in [-0.05, 0) is 6.08 Å². The van der Waals surface area contributed by atoms with Crippen molar-refractivity contribution in [2.75, 3.05) is 0 Å². The molecule has 0 aromatic heterocycles. The Balaban J connectivity index is 6.09. The van der Waals surface area contributed by atoms with Crippen molar-refractivity contribution in [1.82, 2.24) is 0 Å². The zero-order valence-corrected chi connectivity index (χ0v) is 9.33. The Bertz CT molecular complexity index is 449. The Morgan fingerprint density at radius 3 is 1.76 bits per heavy atom. The molecule has 0 aliphatic heterocycles. The van der Waals surface area contributed by atoms with Crippen LogP contribution in [0.1, 0.15) is 0 Å². The van der Waals surface area contributed by atoms with Crippen LogP contribution in [0.3, 0.4) is 0 Å². The van der Waals surface area contributed by atoms with Crippen LogP contribution >= 0.6 is 0 Å². The van der Waals surface area contributed by atoms with Crippen molar-refractivity contribution in [2.45, 2.75) is 16.2 Å². The van der Waals surface area contributed by atoms with E-state index in [1.54, 1.807) is 0 Å². The van der Waals surface area contributed by atoms with E-state index in [0.29, 0.717) is 0 Å². The quantitative estimate of drug-likeness (QED) is 0.446. The summed E-state index contributed by atoms with van der Waals surface area (Å²) in [4.78, 5) is 0. The summed E-state index contributed by atoms with van der Waals surface area (Å²) in [6.45, 7) is 2.29. The number of halogens is 5. The number of hydrogen-bond acceptors (Lipinski definition) is 4. The van der Waals surface area contributed by atoms with Crippen LogP contribution in [0.2, 0.25) is 0 Å². The van der Waals surface area contributed by atoms with Crippen molar-refractivity contribution in [3.8, 4) is 0 Å². The van der Waals surface area contributed by atoms with Gasteiger partial charge in [-0.1, -0.05) is 6.58 Å². The fraction of sp³-hybridized carbons (Fsp3) is 0.600. The zero-order valence-electron chi connectivity index (χ0n) is 7.70. The van der Waals surface area contributed by atoms with Crippen LogP contribution in [0, 0.1) is 0 Å². The fourth-order valence-corrected chi connectivity index (χ4v) is 1.87. The van der Waals surface area contributed by atoms with Crippen molar-refractivity contribution in [1.29, 1.82) is 0 Å². The van der Waals surface area contributed by atoms with E-state index in [2.05, 4.69) is 11.7 Å². The molecule has 12 heteroatoms. The van der Waals surface area contributed by atoms with Gasteiger partial charge in [-0.25, -0.2) is 17.9 Å². The maximum absolute atomic E-state index is 13.3. The summed E-state index contributed by atoms with van der Waals surface area (Å²) in [6, 6.07) is 0. The van der Waals surface area contributed by atoms with E-state index < -0.39 is 43.4 Å². The molecule has 0 heterocycles. The van der Waals surface area contributed by atoms with E-state index in [0.717, 1.165) is 0 Å². The molecule has 0 saturated carbocycles. The zero-order chi connectivity index (χ0) is 14.3. The molecule has 0 saturated heterocycles. The van der Waals surface area contributed by atoms with Crippen molar-refractivity contribution in [3.63, 3.8) is 0 Å². The molecule has 0 aromatic carbocycles. The largest absolute Gasteiger partial charge is 0.768 e. The standard InChI is InChI=1S/C5H6F5NO4S2/c1-2-3(6,17(11,14)15)4(7,8)5(9,10)16(12)13/h2H,1H2,(H,12,13)(H2,11,14,15)/p-1. The molecule has 0 aliphatic rings. The summed E-state index contributed by atoms with van der Waals surface area (Å²) in [5.41, 5.74) is 0. The van der Waals surface area contributed by atoms with Crippen LogP contribution < -0.4 is 5.14 Å². The molecule has 2 atom stereocenters. The SMILES string of the molecule is C=CC(F)(C(F)(F)C(F)(F)S(=O)[O-])S(N)(=O)=O. The number of nitrogens with two attached hydrogens (primary N) is 1. The van der Waals surface area contributed by atoms with Crippen LogP contribution in [-0.2, 0) is 21.1 Å². The molecule has 0 amide bonds. The third-order valence-electron chi connectivity index (χ3n) is 1.68. The highest BCUT2D eigenvalue weighted by Gasteiger charge is 2.74. The van der Waals surface area contributed by atoms with Crippen molar-refractivity contribution < 1.29 is 39.1 Å². The third-order valence-corrected chi connectivity index (χ3v) is 3.61. The number of rotatable bonds is 5. The van der Waals surface area contributed by atoms with E-state index in [1.165, 1.54) is 0 Å². The minimum atomic E-state index is -6.14. The van der Waals surface area contributed by atoms with E-state index in [9.17, 15) is 39.1 Å². The minimum Gasteiger partial charge on any atom is -0.768 e. The van der Waals surface area contributed by atoms with Gasteiger partial charge in [0, 0.05) is 11.1 Å². The molecule has 0 aliphatic carbocycles. The predicted octanol–water partition coefficient (Wildman–Crippen LogP) is 0.234. The molecule has 2 unspecified atom stereocenters. The van der Waals surface area contributed by atoms with Crippen LogP contribution in [0.5, 0.6) is 0 Å². The number of primary sulfonamides is 1. The summed E-state index contributed by atoms with van der Waals surface area (Å²) in [7, 11) is -5.88. The third kappa shape index (κ3) is 2.21. The summed E-state index contributed by atoms with van der Waals surface area (Å²) >= 11 is -4.77. The van der Waals surface area contributed by atoms with Crippen LogP contribution in [-0.4, -0.2) is 33.4 Å². The van der Waals surface area contributed by atoms with Crippen LogP contribution in [0.4, 0.5) is 22.0 Å². The second-order valence-corrected chi connectivity index (χ2v) is 5.39. The van der Waals surface area contributed by atoms with Crippen molar-refractivity contribution >= 4 is 21.1 Å². The molecule has 17 heavy (non-hydrogen) atoms. The molecule has 0 aromatic rings. The predicted molar refractivity (Wildman–Crippen MR) is 46.0 cm³/mol. The fourth-order valence-electron chi connectivity index (χ4n) is 0.726. The summed E-state index contributed by atoms with van der Waals surface area (Å²) in [5.74, 6) is -6.14. The number of sulfonamides is 1. The highest BCUT2D eigenvalue weighted by molar-refractivity contribution is 7.90. The molecule has 0 radical (unpaired) electrons. The average Bonchev–Trinajstić information content (AvgIpc) is 2.13. The van der Waals surface area contributed by atoms with E-state index in [4.69, 9.17) is 0 Å². The molecule has 0 spiro atoms. The second kappa shape index (κ2) is 4.26. The Labute approximate surface area is 94.8 Å². The highest BCUT2D eigenvalue weighted by Crippen LogP contribution is 2.48. The highest BCUT2D eigenvalue weighted by atomic mass is 32.2. The van der Waals surface area contributed by atoms with Gasteiger partial charge in [0.2, 0.25) is 0 Å². The van der Waals surface area contributed by atoms with Crippen LogP contribution in [0.15, 0.2) is 12.7 Å². The van der Waals surface area contributed by atoms with E-state index in [-0.39, 0.29) is 0 Å². The molecule has 102 valence electrons. The number of hydrogen-bond donors (Lipinski definition) is 1. The van der Waals surface area contributed by atoms with Crippen molar-refractivity contribution in [2.24, 2.45) is 5.14 Å². The van der Waals surface area contributed by atoms with Gasteiger partial charge in [-0.15, -0.1) is 0 Å². The lowest BCUT2D eigenvalue weighted by Gasteiger charge is -2.34. The van der Waals surface area contributed by atoms with Gasteiger partial charge in [0.25, 0.3) is 10.0 Å². The lowest BCUT2D eigenvalue weighted by Crippen LogP contribution is -2.62. The molecular formula is C5H5F5NO4S2-. The van der Waals surface area contributed by atoms with Gasteiger partial charge in [0.15, 0.2) is 0 Å². The molecular weight excluding hydrogens is 297 g/mol. The first kappa shape index (κ1) is 16.4. The van der Waals surface area contributed by atoms with Gasteiger partial charge in [0.05, 0.1) is 0 Å². The van der Waals surface area contributed by atoms with Crippen LogP contribution in [0.25, 0.3) is 0 Å². The van der Waals surface area contributed by atoms with Crippen molar-refractivity contribution in [3.05, 3.63) is 12.7 Å². The van der Waals surface area contributed by atoms with E-state index >= 15 is 0 Å².